The minimum atomic E-state index is -1.40. The molecule has 30 heavy (non-hydrogen) atoms. The van der Waals surface area contributed by atoms with Crippen LogP contribution in [0.25, 0.3) is 0 Å². The van der Waals surface area contributed by atoms with Gasteiger partial charge in [-0.2, -0.15) is 0 Å². The molecule has 12 nitrogen and oxygen atoms in total. The Morgan fingerprint density at radius 1 is 1.40 bits per heavy atom. The van der Waals surface area contributed by atoms with Gasteiger partial charge in [0.25, 0.3) is 5.91 Å². The minimum Gasteiger partial charge on any atom is -0.534 e. The van der Waals surface area contributed by atoms with Gasteiger partial charge in [-0.15, -0.1) is 5.53 Å². The molecule has 2 aliphatic heterocycles. The lowest BCUT2D eigenvalue weighted by Gasteiger charge is -2.29. The van der Waals surface area contributed by atoms with E-state index in [0.29, 0.717) is 24.4 Å². The zero-order valence-electron chi connectivity index (χ0n) is 16.3. The predicted octanol–water partition coefficient (Wildman–Crippen LogP) is -2.59. The van der Waals surface area contributed by atoms with Gasteiger partial charge < -0.3 is 31.2 Å². The van der Waals surface area contributed by atoms with Gasteiger partial charge in [0, 0.05) is 26.3 Å². The Morgan fingerprint density at radius 3 is 2.87 bits per heavy atom. The number of hydrogen-bond acceptors (Lipinski definition) is 9. The number of hydrazine groups is 2. The predicted molar refractivity (Wildman–Crippen MR) is 105 cm³/mol. The lowest BCUT2D eigenvalue weighted by Crippen LogP contribution is -2.55. The number of nitrogens with zero attached hydrogens (tertiary/aromatic N) is 2. The molecule has 0 bridgehead atoms. The van der Waals surface area contributed by atoms with E-state index in [0.717, 1.165) is 0 Å². The fourth-order valence-electron chi connectivity index (χ4n) is 3.20. The van der Waals surface area contributed by atoms with E-state index in [9.17, 15) is 24.5 Å². The summed E-state index contributed by atoms with van der Waals surface area (Å²) in [4.78, 5) is 35.8. The number of likely N-dealkylation sites (N-methyl/N-ethyl adjacent to an activating group) is 1. The van der Waals surface area contributed by atoms with Crippen LogP contribution in [0.4, 0.5) is 0 Å². The van der Waals surface area contributed by atoms with Crippen molar-refractivity contribution in [2.45, 2.75) is 12.4 Å². The molecule has 2 heterocycles. The molecule has 3 rings (SSSR count). The van der Waals surface area contributed by atoms with Crippen molar-refractivity contribution in [2.24, 2.45) is 5.73 Å². The number of amides is 2. The molecule has 0 unspecified atom stereocenters. The van der Waals surface area contributed by atoms with Crippen molar-refractivity contribution in [1.82, 2.24) is 26.2 Å². The molecule has 160 valence electrons. The molecule has 2 aliphatic rings. The van der Waals surface area contributed by atoms with E-state index in [2.05, 4.69) is 16.2 Å². The van der Waals surface area contributed by atoms with Gasteiger partial charge in [0.1, 0.15) is 18.0 Å². The molecule has 0 fully saturated rings. The summed E-state index contributed by atoms with van der Waals surface area (Å²) in [5, 5.41) is 27.7. The van der Waals surface area contributed by atoms with Crippen LogP contribution in [0.3, 0.4) is 0 Å². The Hall–Kier alpha value is -3.29. The second-order valence-corrected chi connectivity index (χ2v) is 6.83. The van der Waals surface area contributed by atoms with Crippen LogP contribution in [0.15, 0.2) is 30.1 Å². The Balaban J connectivity index is 1.60. The summed E-state index contributed by atoms with van der Waals surface area (Å²) in [5.74, 6) is -2.59. The van der Waals surface area contributed by atoms with Gasteiger partial charge in [-0.05, 0) is 18.1 Å². The molecule has 0 aliphatic carbocycles. The average molecular weight is 418 g/mol. The standard InChI is InChI=1S/C17H23BN6O6/c1-23-12(16(26)20-6-5-19)8-24(22-23)9-14(25)21-13-7-10-3-2-4-11(17(27)28)15(10)30-18(13)29/h2-4,8,13,22,29H,5-7,9,19H2,1H3,(H,20,26)(H,21,25)(H,27,28)/t13-/m0/s1. The normalized spacial score (nSPS) is 17.8. The Kier molecular flexibility index (Phi) is 6.45. The van der Waals surface area contributed by atoms with Crippen LogP contribution in [-0.4, -0.2) is 77.7 Å². The van der Waals surface area contributed by atoms with Crippen molar-refractivity contribution < 1.29 is 29.2 Å². The number of hydrogen-bond donors (Lipinski definition) is 6. The molecule has 13 heteroatoms. The topological polar surface area (TPSA) is 169 Å². The quantitative estimate of drug-likeness (QED) is 0.258. The maximum atomic E-state index is 12.4. The summed E-state index contributed by atoms with van der Waals surface area (Å²) in [6.07, 6.45) is 1.69. The first-order valence-electron chi connectivity index (χ1n) is 9.26. The van der Waals surface area contributed by atoms with Crippen molar-refractivity contribution in [2.75, 3.05) is 26.7 Å². The third-order valence-corrected chi connectivity index (χ3v) is 4.59. The summed E-state index contributed by atoms with van der Waals surface area (Å²) >= 11 is 0. The molecule has 1 aromatic carbocycles. The van der Waals surface area contributed by atoms with E-state index < -0.39 is 24.9 Å². The van der Waals surface area contributed by atoms with Gasteiger partial charge >= 0.3 is 13.1 Å². The lowest BCUT2D eigenvalue weighted by molar-refractivity contribution is -0.123. The Morgan fingerprint density at radius 2 is 2.17 bits per heavy atom. The van der Waals surface area contributed by atoms with Crippen LogP contribution < -0.4 is 26.6 Å². The molecule has 0 radical (unpaired) electrons. The van der Waals surface area contributed by atoms with E-state index >= 15 is 0 Å². The molecule has 1 aromatic rings. The largest absolute Gasteiger partial charge is 0.547 e. The molecule has 0 aromatic heterocycles. The molecule has 0 saturated carbocycles. The lowest BCUT2D eigenvalue weighted by atomic mass is 9.72. The Labute approximate surface area is 172 Å². The van der Waals surface area contributed by atoms with Gasteiger partial charge in [-0.25, -0.2) is 4.79 Å². The number of aromatic carboxylic acids is 1. The SMILES string of the molecule is CN1NN(CC(=O)N[C@H]2Cc3cccc(C(=O)O)c3OB2O)C=C1C(=O)NCCN. The molecular weight excluding hydrogens is 395 g/mol. The number of carbonyl (C=O) groups is 3. The summed E-state index contributed by atoms with van der Waals surface area (Å²) in [5.41, 5.74) is 9.04. The summed E-state index contributed by atoms with van der Waals surface area (Å²) in [7, 11) is 0.228. The smallest absolute Gasteiger partial charge is 0.534 e. The summed E-state index contributed by atoms with van der Waals surface area (Å²) in [6.45, 7) is 0.504. The number of nitrogens with two attached hydrogens (primary N) is 1. The van der Waals surface area contributed by atoms with Gasteiger partial charge in [-0.3, -0.25) is 19.6 Å². The molecular formula is C17H23BN6O6. The van der Waals surface area contributed by atoms with Crippen molar-refractivity contribution in [1.29, 1.82) is 0 Å². The number of carboxylic acid groups (broad SMARTS) is 1. The third kappa shape index (κ3) is 4.64. The van der Waals surface area contributed by atoms with Crippen LogP contribution in [0.2, 0.25) is 0 Å². The van der Waals surface area contributed by atoms with E-state index in [1.165, 1.54) is 22.3 Å². The van der Waals surface area contributed by atoms with Crippen molar-refractivity contribution in [3.05, 3.63) is 41.2 Å². The average Bonchev–Trinajstić information content (AvgIpc) is 3.06. The number of rotatable bonds is 7. The van der Waals surface area contributed by atoms with E-state index in [1.807, 2.05) is 0 Å². The van der Waals surface area contributed by atoms with Crippen LogP contribution >= 0.6 is 0 Å². The van der Waals surface area contributed by atoms with E-state index in [4.69, 9.17) is 10.4 Å². The van der Waals surface area contributed by atoms with Crippen molar-refractivity contribution >= 4 is 24.9 Å². The number of nitrogens with one attached hydrogen (secondary N) is 3. The highest BCUT2D eigenvalue weighted by Crippen LogP contribution is 2.30. The van der Waals surface area contributed by atoms with Gasteiger partial charge in [0.15, 0.2) is 0 Å². The fourth-order valence-corrected chi connectivity index (χ4v) is 3.20. The molecule has 1 atom stereocenters. The van der Waals surface area contributed by atoms with Gasteiger partial charge in [-0.1, -0.05) is 12.1 Å². The summed E-state index contributed by atoms with van der Waals surface area (Å²) < 4.78 is 5.36. The molecule has 7 N–H and O–H groups in total. The number of benzene rings is 1. The maximum absolute atomic E-state index is 12.4. The van der Waals surface area contributed by atoms with Crippen LogP contribution in [0.1, 0.15) is 15.9 Å². The molecule has 0 spiro atoms. The number of fused-ring (bicyclic) bond motifs is 1. The second kappa shape index (κ2) is 9.03. The van der Waals surface area contributed by atoms with Crippen molar-refractivity contribution in [3.63, 3.8) is 0 Å². The van der Waals surface area contributed by atoms with Crippen LogP contribution in [0, 0.1) is 0 Å². The maximum Gasteiger partial charge on any atom is 0.547 e. The minimum absolute atomic E-state index is 0.0498. The van der Waals surface area contributed by atoms with Crippen molar-refractivity contribution in [3.8, 4) is 5.75 Å². The van der Waals surface area contributed by atoms with E-state index in [-0.39, 0.29) is 30.2 Å². The highest BCUT2D eigenvalue weighted by molar-refractivity contribution is 6.47. The third-order valence-electron chi connectivity index (χ3n) is 4.59. The monoisotopic (exact) mass is 418 g/mol. The van der Waals surface area contributed by atoms with Crippen LogP contribution in [0.5, 0.6) is 5.75 Å². The zero-order chi connectivity index (χ0) is 21.8. The zero-order valence-corrected chi connectivity index (χ0v) is 16.3. The number of carboxylic acids is 1. The highest BCUT2D eigenvalue weighted by atomic mass is 16.5. The fraction of sp³-hybridized carbons (Fsp3) is 0.353. The molecule has 2 amide bonds. The van der Waals surface area contributed by atoms with Gasteiger partial charge in [0.2, 0.25) is 5.91 Å². The highest BCUT2D eigenvalue weighted by Gasteiger charge is 2.38. The first-order chi connectivity index (χ1) is 14.3. The first-order valence-corrected chi connectivity index (χ1v) is 9.26. The summed E-state index contributed by atoms with van der Waals surface area (Å²) in [6, 6.07) is 4.64. The number of carbonyl (C=O) groups excluding carboxylic acids is 2. The van der Waals surface area contributed by atoms with Crippen LogP contribution in [-0.2, 0) is 16.0 Å². The molecule has 0 saturated heterocycles. The first kappa shape index (κ1) is 21.4. The van der Waals surface area contributed by atoms with E-state index in [1.54, 1.807) is 19.2 Å². The number of para-hydroxylation sites is 1. The van der Waals surface area contributed by atoms with Gasteiger partial charge in [0.05, 0.1) is 11.5 Å². The Bertz CT molecular complexity index is 880. The second-order valence-electron chi connectivity index (χ2n) is 6.83.